The number of rotatable bonds is 3. The number of halogens is 4. The third-order valence-corrected chi connectivity index (χ3v) is 5.00. The second-order valence-electron chi connectivity index (χ2n) is 6.52. The molecule has 1 amide bonds. The van der Waals surface area contributed by atoms with Gasteiger partial charge in [-0.05, 0) is 31.9 Å². The molecule has 1 aromatic heterocycles. The lowest BCUT2D eigenvalue weighted by Gasteiger charge is -2.36. The number of nitrogens with zero attached hydrogens (tertiary/aromatic N) is 2. The maximum absolute atomic E-state index is 14.1. The van der Waals surface area contributed by atoms with E-state index in [0.29, 0.717) is 25.7 Å². The summed E-state index contributed by atoms with van der Waals surface area (Å²) in [5, 5.41) is 10.1. The van der Waals surface area contributed by atoms with E-state index in [9.17, 15) is 27.5 Å². The van der Waals surface area contributed by atoms with Crippen molar-refractivity contribution in [3.63, 3.8) is 0 Å². The van der Waals surface area contributed by atoms with Crippen molar-refractivity contribution in [1.82, 2.24) is 9.88 Å². The van der Waals surface area contributed by atoms with Crippen LogP contribution in [0.2, 0.25) is 0 Å². The largest absolute Gasteiger partial charge is 0.433 e. The normalized spacial score (nSPS) is 24.3. The molecular weight excluding hydrogens is 344 g/mol. The molecule has 0 bridgehead atoms. The first-order chi connectivity index (χ1) is 11.7. The second kappa shape index (κ2) is 6.12. The van der Waals surface area contributed by atoms with Gasteiger partial charge in [0.25, 0.3) is 11.8 Å². The lowest BCUT2D eigenvalue weighted by Crippen LogP contribution is -2.52. The molecule has 1 saturated carbocycles. The van der Waals surface area contributed by atoms with Crippen LogP contribution >= 0.6 is 0 Å². The SMILES string of the molecule is Cc1nc(C(=O)N2CC(F)(F)C(O)C23CCCC3)ccc1OC(F)F. The van der Waals surface area contributed by atoms with Gasteiger partial charge in [-0.2, -0.15) is 8.78 Å². The van der Waals surface area contributed by atoms with Crippen LogP contribution in [0.15, 0.2) is 12.1 Å². The highest BCUT2D eigenvalue weighted by Crippen LogP contribution is 2.49. The number of hydrogen-bond donors (Lipinski definition) is 1. The molecule has 1 saturated heterocycles. The molecule has 1 aromatic rings. The number of aryl methyl sites for hydroxylation is 1. The van der Waals surface area contributed by atoms with Gasteiger partial charge in [0.1, 0.15) is 17.5 Å². The Morgan fingerprint density at radius 2 is 2.00 bits per heavy atom. The van der Waals surface area contributed by atoms with Gasteiger partial charge in [-0.15, -0.1) is 0 Å². The molecule has 9 heteroatoms. The minimum atomic E-state index is -3.40. The monoisotopic (exact) mass is 362 g/mol. The molecule has 2 aliphatic rings. The summed E-state index contributed by atoms with van der Waals surface area (Å²) < 4.78 is 57.0. The Balaban J connectivity index is 1.91. The van der Waals surface area contributed by atoms with Gasteiger partial charge >= 0.3 is 6.61 Å². The topological polar surface area (TPSA) is 62.7 Å². The molecule has 1 N–H and O–H groups in total. The molecule has 5 nitrogen and oxygen atoms in total. The van der Waals surface area contributed by atoms with Gasteiger partial charge in [-0.25, -0.2) is 13.8 Å². The molecule has 1 atom stereocenters. The number of hydrogen-bond acceptors (Lipinski definition) is 4. The van der Waals surface area contributed by atoms with Crippen LogP contribution in [0.4, 0.5) is 17.6 Å². The van der Waals surface area contributed by atoms with Crippen molar-refractivity contribution >= 4 is 5.91 Å². The van der Waals surface area contributed by atoms with E-state index in [1.165, 1.54) is 13.0 Å². The van der Waals surface area contributed by atoms with E-state index in [1.807, 2.05) is 0 Å². The van der Waals surface area contributed by atoms with Crippen molar-refractivity contribution in [3.8, 4) is 5.75 Å². The maximum Gasteiger partial charge on any atom is 0.387 e. The fourth-order valence-corrected chi connectivity index (χ4v) is 3.83. The third kappa shape index (κ3) is 2.94. The van der Waals surface area contributed by atoms with Crippen molar-refractivity contribution in [2.24, 2.45) is 0 Å². The molecule has 0 aromatic carbocycles. The zero-order valence-corrected chi connectivity index (χ0v) is 13.5. The summed E-state index contributed by atoms with van der Waals surface area (Å²) in [4.78, 5) is 17.7. The number of aromatic nitrogens is 1. The highest BCUT2D eigenvalue weighted by atomic mass is 19.3. The van der Waals surface area contributed by atoms with Crippen LogP contribution in [0.3, 0.4) is 0 Å². The summed E-state index contributed by atoms with van der Waals surface area (Å²) in [5.41, 5.74) is -1.39. The fourth-order valence-electron chi connectivity index (χ4n) is 3.83. The lowest BCUT2D eigenvalue weighted by atomic mass is 9.90. The quantitative estimate of drug-likeness (QED) is 0.840. The Hall–Kier alpha value is -1.90. The van der Waals surface area contributed by atoms with Crippen molar-refractivity contribution < 1.29 is 32.2 Å². The number of pyridine rings is 1. The van der Waals surface area contributed by atoms with Gasteiger partial charge in [0.05, 0.1) is 17.8 Å². The van der Waals surface area contributed by atoms with E-state index in [4.69, 9.17) is 0 Å². The van der Waals surface area contributed by atoms with E-state index in [1.54, 1.807) is 0 Å². The highest BCUT2D eigenvalue weighted by Gasteiger charge is 2.64. The molecule has 1 aliphatic heterocycles. The molecule has 138 valence electrons. The Bertz CT molecular complexity index is 677. The molecule has 0 radical (unpaired) electrons. The third-order valence-electron chi connectivity index (χ3n) is 5.00. The van der Waals surface area contributed by atoms with Crippen LogP contribution < -0.4 is 4.74 Å². The van der Waals surface area contributed by atoms with Crippen LogP contribution in [-0.4, -0.2) is 51.6 Å². The number of carbonyl (C=O) groups is 1. The molecule has 1 unspecified atom stereocenters. The van der Waals surface area contributed by atoms with E-state index in [0.717, 1.165) is 11.0 Å². The van der Waals surface area contributed by atoms with Crippen LogP contribution in [-0.2, 0) is 0 Å². The van der Waals surface area contributed by atoms with Crippen LogP contribution in [0.25, 0.3) is 0 Å². The molecule has 2 fully saturated rings. The highest BCUT2D eigenvalue weighted by molar-refractivity contribution is 5.93. The standard InChI is InChI=1S/C16H18F4N2O3/c1-9-11(25-14(17)18)5-4-10(21-9)12(23)22-8-16(19,20)13(24)15(22)6-2-3-7-15/h4-5,13-14,24H,2-3,6-8H2,1H3. The number of aliphatic hydroxyl groups excluding tert-OH is 1. The molecule has 1 spiro atoms. The Labute approximate surface area is 141 Å². The van der Waals surface area contributed by atoms with Gasteiger partial charge in [0.2, 0.25) is 0 Å². The van der Waals surface area contributed by atoms with Crippen molar-refractivity contribution in [2.45, 2.75) is 56.8 Å². The fraction of sp³-hybridized carbons (Fsp3) is 0.625. The Morgan fingerprint density at radius 1 is 1.36 bits per heavy atom. The van der Waals surface area contributed by atoms with Gasteiger partial charge < -0.3 is 14.7 Å². The zero-order valence-electron chi connectivity index (χ0n) is 13.5. The predicted molar refractivity (Wildman–Crippen MR) is 78.8 cm³/mol. The van der Waals surface area contributed by atoms with Crippen LogP contribution in [0.5, 0.6) is 5.75 Å². The van der Waals surface area contributed by atoms with Crippen molar-refractivity contribution in [2.75, 3.05) is 6.54 Å². The van der Waals surface area contributed by atoms with E-state index < -0.39 is 36.6 Å². The summed E-state index contributed by atoms with van der Waals surface area (Å²) in [7, 11) is 0. The van der Waals surface area contributed by atoms with Gasteiger partial charge in [0, 0.05) is 0 Å². The summed E-state index contributed by atoms with van der Waals surface area (Å²) in [5.74, 6) is -4.33. The van der Waals surface area contributed by atoms with E-state index in [2.05, 4.69) is 9.72 Å². The first-order valence-electron chi connectivity index (χ1n) is 7.98. The van der Waals surface area contributed by atoms with Crippen LogP contribution in [0, 0.1) is 6.92 Å². The zero-order chi connectivity index (χ0) is 18.4. The summed E-state index contributed by atoms with van der Waals surface area (Å²) >= 11 is 0. The minimum absolute atomic E-state index is 0.0538. The van der Waals surface area contributed by atoms with Crippen molar-refractivity contribution in [1.29, 1.82) is 0 Å². The average molecular weight is 362 g/mol. The molecule has 25 heavy (non-hydrogen) atoms. The number of aliphatic hydroxyl groups is 1. The first-order valence-corrected chi connectivity index (χ1v) is 7.98. The molecule has 2 heterocycles. The lowest BCUT2D eigenvalue weighted by molar-refractivity contribution is -0.0959. The Kier molecular flexibility index (Phi) is 4.38. The summed E-state index contributed by atoms with van der Waals surface area (Å²) in [6.45, 7) is -2.53. The van der Waals surface area contributed by atoms with E-state index in [-0.39, 0.29) is 17.1 Å². The molecular formula is C16H18F4N2O3. The number of ether oxygens (including phenoxy) is 1. The van der Waals surface area contributed by atoms with Gasteiger partial charge in [-0.3, -0.25) is 4.79 Å². The second-order valence-corrected chi connectivity index (χ2v) is 6.52. The predicted octanol–water partition coefficient (Wildman–Crippen LogP) is 2.76. The number of alkyl halides is 4. The first kappa shape index (κ1) is 17.9. The molecule has 3 rings (SSSR count). The number of likely N-dealkylation sites (tertiary alicyclic amines) is 1. The number of amides is 1. The number of carbonyl (C=O) groups excluding carboxylic acids is 1. The van der Waals surface area contributed by atoms with Gasteiger partial charge in [-0.1, -0.05) is 12.8 Å². The maximum atomic E-state index is 14.1. The van der Waals surface area contributed by atoms with E-state index >= 15 is 0 Å². The summed E-state index contributed by atoms with van der Waals surface area (Å²) in [6, 6.07) is 2.33. The van der Waals surface area contributed by atoms with Crippen molar-refractivity contribution in [3.05, 3.63) is 23.5 Å². The van der Waals surface area contributed by atoms with Gasteiger partial charge in [0.15, 0.2) is 0 Å². The Morgan fingerprint density at radius 3 is 2.56 bits per heavy atom. The smallest absolute Gasteiger partial charge is 0.387 e. The molecule has 1 aliphatic carbocycles. The minimum Gasteiger partial charge on any atom is -0.433 e. The average Bonchev–Trinajstić information content (AvgIpc) is 3.09. The summed E-state index contributed by atoms with van der Waals surface area (Å²) in [6.07, 6.45) is -0.0500. The van der Waals surface area contributed by atoms with Crippen LogP contribution in [0.1, 0.15) is 41.9 Å².